The molecule has 124 valence electrons. The van der Waals surface area contributed by atoms with E-state index in [-0.39, 0.29) is 23.8 Å². The predicted octanol–water partition coefficient (Wildman–Crippen LogP) is 3.80. The van der Waals surface area contributed by atoms with E-state index in [1.165, 1.54) is 17.7 Å². The first kappa shape index (κ1) is 15.5. The predicted molar refractivity (Wildman–Crippen MR) is 95.4 cm³/mol. The molecule has 1 aliphatic heterocycles. The Kier molecular flexibility index (Phi) is 3.58. The van der Waals surface area contributed by atoms with Gasteiger partial charge in [-0.25, -0.2) is 4.39 Å². The topological polar surface area (TPSA) is 36.1 Å². The van der Waals surface area contributed by atoms with Gasteiger partial charge >= 0.3 is 0 Å². The number of aromatic nitrogens is 1. The van der Waals surface area contributed by atoms with Gasteiger partial charge in [-0.3, -0.25) is 4.79 Å². The van der Waals surface area contributed by atoms with Gasteiger partial charge in [0, 0.05) is 22.6 Å². The van der Waals surface area contributed by atoms with Crippen LogP contribution in [0, 0.1) is 18.2 Å². The third-order valence-electron chi connectivity index (χ3n) is 4.92. The third kappa shape index (κ3) is 2.40. The van der Waals surface area contributed by atoms with Crippen molar-refractivity contribution < 1.29 is 9.18 Å². The lowest BCUT2D eigenvalue weighted by Gasteiger charge is -2.39. The molecule has 0 spiro atoms. The Morgan fingerprint density at radius 1 is 1.24 bits per heavy atom. The van der Waals surface area contributed by atoms with Crippen LogP contribution in [-0.4, -0.2) is 21.8 Å². The fourth-order valence-electron chi connectivity index (χ4n) is 3.83. The van der Waals surface area contributed by atoms with Crippen LogP contribution in [0.5, 0.6) is 0 Å². The Morgan fingerprint density at radius 2 is 1.96 bits per heavy atom. The fourth-order valence-corrected chi connectivity index (χ4v) is 3.83. The first-order valence-electron chi connectivity index (χ1n) is 8.24. The molecule has 2 aromatic carbocycles. The van der Waals surface area contributed by atoms with Gasteiger partial charge in [0.05, 0.1) is 6.04 Å². The number of hydrogen-bond donors (Lipinski definition) is 1. The van der Waals surface area contributed by atoms with E-state index in [2.05, 4.69) is 17.0 Å². The summed E-state index contributed by atoms with van der Waals surface area (Å²) in [6.07, 6.45) is 6.14. The molecular weight excluding hydrogens is 315 g/mol. The number of para-hydroxylation sites is 1. The summed E-state index contributed by atoms with van der Waals surface area (Å²) < 4.78 is 13.4. The maximum Gasteiger partial charge on any atom is 0.299 e. The van der Waals surface area contributed by atoms with Gasteiger partial charge in [-0.1, -0.05) is 30.3 Å². The van der Waals surface area contributed by atoms with E-state index < -0.39 is 0 Å². The molecule has 0 saturated carbocycles. The highest BCUT2D eigenvalue weighted by molar-refractivity contribution is 5.94. The van der Waals surface area contributed by atoms with Crippen LogP contribution >= 0.6 is 0 Å². The first-order valence-corrected chi connectivity index (χ1v) is 8.24. The van der Waals surface area contributed by atoms with E-state index in [4.69, 9.17) is 6.42 Å². The zero-order valence-electron chi connectivity index (χ0n) is 13.8. The molecule has 3 nitrogen and oxygen atoms in total. The summed E-state index contributed by atoms with van der Waals surface area (Å²) in [6, 6.07) is 13.9. The van der Waals surface area contributed by atoms with Gasteiger partial charge in [-0.05, 0) is 48.6 Å². The van der Waals surface area contributed by atoms with E-state index in [1.54, 1.807) is 17.0 Å². The molecule has 0 aliphatic carbocycles. The van der Waals surface area contributed by atoms with Crippen LogP contribution < -0.4 is 0 Å². The molecule has 1 N–H and O–H groups in total. The molecule has 1 aliphatic rings. The van der Waals surface area contributed by atoms with Crippen molar-refractivity contribution in [2.75, 3.05) is 0 Å². The molecule has 0 fully saturated rings. The molecule has 1 aromatic heterocycles. The molecule has 0 unspecified atom stereocenters. The molecule has 0 bridgehead atoms. The summed E-state index contributed by atoms with van der Waals surface area (Å²) >= 11 is 0. The number of nitrogens with zero attached hydrogens (tertiary/aromatic N) is 1. The number of H-pyrrole nitrogens is 1. The summed E-state index contributed by atoms with van der Waals surface area (Å²) in [5.41, 5.74) is 4.01. The van der Waals surface area contributed by atoms with Crippen molar-refractivity contribution in [2.24, 2.45) is 0 Å². The second-order valence-electron chi connectivity index (χ2n) is 6.43. The molecule has 1 amide bonds. The Bertz CT molecular complexity index is 997. The number of carbonyl (C=O) groups is 1. The Morgan fingerprint density at radius 3 is 2.68 bits per heavy atom. The van der Waals surface area contributed by atoms with E-state index in [9.17, 15) is 9.18 Å². The van der Waals surface area contributed by atoms with Crippen LogP contribution in [-0.2, 0) is 11.2 Å². The number of halogens is 1. The summed E-state index contributed by atoms with van der Waals surface area (Å²) in [7, 11) is 0. The van der Waals surface area contributed by atoms with Crippen molar-refractivity contribution in [2.45, 2.75) is 25.4 Å². The fraction of sp³-hybridized carbons (Fsp3) is 0.190. The minimum atomic E-state index is -0.355. The van der Waals surface area contributed by atoms with E-state index in [1.807, 2.05) is 25.1 Å². The van der Waals surface area contributed by atoms with E-state index in [0.29, 0.717) is 0 Å². The van der Waals surface area contributed by atoms with Crippen molar-refractivity contribution in [1.82, 2.24) is 9.88 Å². The molecule has 3 aromatic rings. The molecule has 4 heteroatoms. The number of nitrogens with one attached hydrogen (secondary N) is 1. The van der Waals surface area contributed by atoms with Gasteiger partial charge in [-0.2, -0.15) is 0 Å². The maximum absolute atomic E-state index is 13.4. The standard InChI is InChI=1S/C21H17FN2O/c1-3-19(25)24-13(2)12-17-16-6-4-5-7-18(16)23-20(17)21(24)14-8-10-15(22)11-9-14/h1,4-11,13,21,23H,12H2,2H3/t13-,21-/m0/s1. The Balaban J connectivity index is 1.96. The lowest BCUT2D eigenvalue weighted by Crippen LogP contribution is -2.45. The number of aromatic amines is 1. The van der Waals surface area contributed by atoms with Gasteiger partial charge in [0.2, 0.25) is 0 Å². The van der Waals surface area contributed by atoms with Crippen molar-refractivity contribution in [1.29, 1.82) is 0 Å². The smallest absolute Gasteiger partial charge is 0.299 e. The summed E-state index contributed by atoms with van der Waals surface area (Å²) in [6.45, 7) is 2.00. The monoisotopic (exact) mass is 332 g/mol. The zero-order valence-corrected chi connectivity index (χ0v) is 13.8. The van der Waals surface area contributed by atoms with Gasteiger partial charge < -0.3 is 9.88 Å². The minimum Gasteiger partial charge on any atom is -0.356 e. The number of benzene rings is 2. The number of rotatable bonds is 1. The van der Waals surface area contributed by atoms with Gasteiger partial charge in [0.25, 0.3) is 5.91 Å². The van der Waals surface area contributed by atoms with Crippen LogP contribution in [0.1, 0.15) is 29.8 Å². The molecule has 2 heterocycles. The molecule has 4 rings (SSSR count). The quantitative estimate of drug-likeness (QED) is 0.676. The Hall–Kier alpha value is -3.06. The van der Waals surface area contributed by atoms with Gasteiger partial charge in [0.1, 0.15) is 5.82 Å². The summed E-state index contributed by atoms with van der Waals surface area (Å²) in [4.78, 5) is 17.6. The van der Waals surface area contributed by atoms with Crippen molar-refractivity contribution >= 4 is 16.8 Å². The molecule has 2 atom stereocenters. The van der Waals surface area contributed by atoms with Crippen LogP contribution in [0.4, 0.5) is 4.39 Å². The van der Waals surface area contributed by atoms with Gasteiger partial charge in [-0.15, -0.1) is 6.42 Å². The highest BCUT2D eigenvalue weighted by Crippen LogP contribution is 2.40. The second-order valence-corrected chi connectivity index (χ2v) is 6.43. The average molecular weight is 332 g/mol. The Labute approximate surface area is 145 Å². The average Bonchev–Trinajstić information content (AvgIpc) is 2.99. The summed E-state index contributed by atoms with van der Waals surface area (Å²) in [5, 5.41) is 1.16. The largest absolute Gasteiger partial charge is 0.356 e. The number of fused-ring (bicyclic) bond motifs is 3. The summed E-state index contributed by atoms with van der Waals surface area (Å²) in [5.74, 6) is 1.58. The van der Waals surface area contributed by atoms with Crippen LogP contribution in [0.3, 0.4) is 0 Å². The maximum atomic E-state index is 13.4. The number of amides is 1. The lowest BCUT2D eigenvalue weighted by atomic mass is 9.88. The lowest BCUT2D eigenvalue weighted by molar-refractivity contribution is -0.129. The molecule has 25 heavy (non-hydrogen) atoms. The van der Waals surface area contributed by atoms with Crippen molar-refractivity contribution in [3.05, 3.63) is 71.2 Å². The van der Waals surface area contributed by atoms with Crippen molar-refractivity contribution in [3.8, 4) is 12.3 Å². The third-order valence-corrected chi connectivity index (χ3v) is 4.92. The van der Waals surface area contributed by atoms with E-state index >= 15 is 0 Å². The highest BCUT2D eigenvalue weighted by atomic mass is 19.1. The normalized spacial score (nSPS) is 19.5. The minimum absolute atomic E-state index is 0.0506. The van der Waals surface area contributed by atoms with Crippen molar-refractivity contribution in [3.63, 3.8) is 0 Å². The van der Waals surface area contributed by atoms with Crippen LogP contribution in [0.2, 0.25) is 0 Å². The molecular formula is C21H17FN2O. The first-order chi connectivity index (χ1) is 12.1. The number of hydrogen-bond acceptors (Lipinski definition) is 1. The van der Waals surface area contributed by atoms with Crippen LogP contribution in [0.15, 0.2) is 48.5 Å². The molecule has 0 saturated heterocycles. The number of terminal acetylenes is 1. The SMILES string of the molecule is C#CC(=O)N1[C@@H](c2ccc(F)cc2)c2[nH]c3ccccc3c2C[C@@H]1C. The van der Waals surface area contributed by atoms with Gasteiger partial charge in [0.15, 0.2) is 0 Å². The van der Waals surface area contributed by atoms with Crippen LogP contribution in [0.25, 0.3) is 10.9 Å². The number of carbonyl (C=O) groups excluding carboxylic acids is 1. The molecule has 0 radical (unpaired) electrons. The van der Waals surface area contributed by atoms with E-state index in [0.717, 1.165) is 28.6 Å². The highest BCUT2D eigenvalue weighted by Gasteiger charge is 2.37. The second kappa shape index (κ2) is 5.78. The zero-order chi connectivity index (χ0) is 17.6.